The number of para-hydroxylation sites is 1. The second-order valence-electron chi connectivity index (χ2n) is 6.02. The van der Waals surface area contributed by atoms with E-state index in [-0.39, 0.29) is 5.91 Å². The fourth-order valence-corrected chi connectivity index (χ4v) is 2.58. The van der Waals surface area contributed by atoms with Crippen molar-refractivity contribution >= 4 is 17.3 Å². The van der Waals surface area contributed by atoms with Crippen LogP contribution in [-0.2, 0) is 0 Å². The summed E-state index contributed by atoms with van der Waals surface area (Å²) in [6.45, 7) is 0.981. The van der Waals surface area contributed by atoms with Crippen molar-refractivity contribution in [2.24, 2.45) is 0 Å². The van der Waals surface area contributed by atoms with E-state index in [2.05, 4.69) is 21.7 Å². The Kier molecular flexibility index (Phi) is 6.63. The molecular formula is C22H20N4O3. The molecule has 2 aromatic carbocycles. The van der Waals surface area contributed by atoms with Gasteiger partial charge in [-0.3, -0.25) is 9.78 Å². The average molecular weight is 388 g/mol. The highest BCUT2D eigenvalue weighted by Crippen LogP contribution is 2.18. The maximum absolute atomic E-state index is 12.5. The van der Waals surface area contributed by atoms with Crippen LogP contribution in [-0.4, -0.2) is 31.2 Å². The van der Waals surface area contributed by atoms with Crippen molar-refractivity contribution < 1.29 is 14.3 Å². The smallest absolute Gasteiger partial charge is 0.257 e. The first-order valence-electron chi connectivity index (χ1n) is 8.96. The summed E-state index contributed by atoms with van der Waals surface area (Å²) in [6.07, 6.45) is 3.11. The van der Waals surface area contributed by atoms with Crippen LogP contribution in [0.4, 0.5) is 11.4 Å². The second-order valence-corrected chi connectivity index (χ2v) is 6.02. The van der Waals surface area contributed by atoms with Gasteiger partial charge in [-0.1, -0.05) is 12.1 Å². The van der Waals surface area contributed by atoms with Crippen LogP contribution in [0.25, 0.3) is 0 Å². The number of hydrogen-bond donors (Lipinski definition) is 2. The molecule has 3 rings (SSSR count). The van der Waals surface area contributed by atoms with Gasteiger partial charge in [0, 0.05) is 18.9 Å². The van der Waals surface area contributed by atoms with Crippen LogP contribution in [0.5, 0.6) is 11.5 Å². The van der Waals surface area contributed by atoms with Gasteiger partial charge in [0.2, 0.25) is 0 Å². The molecule has 1 aromatic heterocycles. The summed E-state index contributed by atoms with van der Waals surface area (Å²) >= 11 is 0. The Morgan fingerprint density at radius 3 is 2.62 bits per heavy atom. The molecule has 3 aromatic rings. The SMILES string of the molecule is COc1ccc(OCCNc2cncc(C(=O)Nc3ccccc3C#N)c2)cc1. The lowest BCUT2D eigenvalue weighted by molar-refractivity contribution is 0.102. The molecule has 0 aliphatic heterocycles. The minimum atomic E-state index is -0.335. The van der Waals surface area contributed by atoms with Crippen molar-refractivity contribution in [2.75, 3.05) is 30.9 Å². The maximum atomic E-state index is 12.5. The number of ether oxygens (including phenoxy) is 2. The number of anilines is 2. The highest BCUT2D eigenvalue weighted by Gasteiger charge is 2.10. The van der Waals surface area contributed by atoms with Gasteiger partial charge in [-0.2, -0.15) is 5.26 Å². The van der Waals surface area contributed by atoms with Gasteiger partial charge in [0.25, 0.3) is 5.91 Å². The molecule has 0 spiro atoms. The number of nitriles is 1. The Balaban J connectivity index is 1.53. The lowest BCUT2D eigenvalue weighted by Gasteiger charge is -2.10. The van der Waals surface area contributed by atoms with Gasteiger partial charge in [0.05, 0.1) is 29.6 Å². The standard InChI is InChI=1S/C22H20N4O3/c1-28-19-6-8-20(9-7-19)29-11-10-25-18-12-17(14-24-15-18)22(27)26-21-5-3-2-4-16(21)13-23/h2-9,12,14-15,25H,10-11H2,1H3,(H,26,27). The molecule has 0 unspecified atom stereocenters. The maximum Gasteiger partial charge on any atom is 0.257 e. The first-order valence-corrected chi connectivity index (χ1v) is 8.96. The summed E-state index contributed by atoms with van der Waals surface area (Å²) in [4.78, 5) is 16.6. The average Bonchev–Trinajstić information content (AvgIpc) is 2.77. The van der Waals surface area contributed by atoms with Crippen molar-refractivity contribution in [2.45, 2.75) is 0 Å². The van der Waals surface area contributed by atoms with Gasteiger partial charge < -0.3 is 20.1 Å². The number of rotatable bonds is 8. The first kappa shape index (κ1) is 19.7. The molecule has 0 fully saturated rings. The number of nitrogens with one attached hydrogen (secondary N) is 2. The van der Waals surface area contributed by atoms with Gasteiger partial charge in [-0.05, 0) is 42.5 Å². The van der Waals surface area contributed by atoms with Crippen LogP contribution in [0.3, 0.4) is 0 Å². The van der Waals surface area contributed by atoms with E-state index in [9.17, 15) is 4.79 Å². The van der Waals surface area contributed by atoms with Crippen molar-refractivity contribution in [1.82, 2.24) is 4.98 Å². The van der Waals surface area contributed by atoms with Crippen LogP contribution in [0.15, 0.2) is 67.0 Å². The molecule has 146 valence electrons. The normalized spacial score (nSPS) is 9.93. The summed E-state index contributed by atoms with van der Waals surface area (Å²) in [7, 11) is 1.62. The Morgan fingerprint density at radius 2 is 1.86 bits per heavy atom. The van der Waals surface area contributed by atoms with E-state index in [1.165, 1.54) is 6.20 Å². The third-order valence-electron chi connectivity index (χ3n) is 4.06. The lowest BCUT2D eigenvalue weighted by atomic mass is 10.2. The number of carbonyl (C=O) groups is 1. The van der Waals surface area contributed by atoms with E-state index in [0.29, 0.717) is 35.7 Å². The van der Waals surface area contributed by atoms with E-state index in [0.717, 1.165) is 11.5 Å². The summed E-state index contributed by atoms with van der Waals surface area (Å²) < 4.78 is 10.8. The van der Waals surface area contributed by atoms with E-state index >= 15 is 0 Å². The summed E-state index contributed by atoms with van der Waals surface area (Å²) in [5, 5.41) is 15.0. The Morgan fingerprint density at radius 1 is 1.10 bits per heavy atom. The van der Waals surface area contributed by atoms with E-state index in [1.807, 2.05) is 24.3 Å². The molecular weight excluding hydrogens is 368 g/mol. The molecule has 0 saturated heterocycles. The van der Waals surface area contributed by atoms with Crippen molar-refractivity contribution in [3.05, 3.63) is 78.1 Å². The van der Waals surface area contributed by atoms with Crippen molar-refractivity contribution in [1.29, 1.82) is 5.26 Å². The van der Waals surface area contributed by atoms with Crippen LogP contribution >= 0.6 is 0 Å². The zero-order chi connectivity index (χ0) is 20.5. The molecule has 7 heteroatoms. The molecule has 0 saturated carbocycles. The zero-order valence-corrected chi connectivity index (χ0v) is 15.9. The minimum Gasteiger partial charge on any atom is -0.497 e. The third-order valence-corrected chi connectivity index (χ3v) is 4.06. The number of pyridine rings is 1. The third kappa shape index (κ3) is 5.47. The molecule has 0 aliphatic rings. The predicted molar refractivity (Wildman–Crippen MR) is 110 cm³/mol. The molecule has 2 N–H and O–H groups in total. The Labute approximate surface area is 168 Å². The van der Waals surface area contributed by atoms with Gasteiger partial charge in [-0.15, -0.1) is 0 Å². The molecule has 0 bridgehead atoms. The second kappa shape index (κ2) is 9.76. The minimum absolute atomic E-state index is 0.335. The fraction of sp³-hybridized carbons (Fsp3) is 0.136. The summed E-state index contributed by atoms with van der Waals surface area (Å²) in [5.41, 5.74) is 1.95. The highest BCUT2D eigenvalue weighted by molar-refractivity contribution is 6.05. The van der Waals surface area contributed by atoms with Gasteiger partial charge in [0.15, 0.2) is 0 Å². The molecule has 29 heavy (non-hydrogen) atoms. The number of carbonyl (C=O) groups excluding carboxylic acids is 1. The van der Waals surface area contributed by atoms with Gasteiger partial charge >= 0.3 is 0 Å². The number of hydrogen-bond acceptors (Lipinski definition) is 6. The number of methoxy groups -OCH3 is 1. The molecule has 0 atom stereocenters. The van der Waals surface area contributed by atoms with Crippen LogP contribution in [0.1, 0.15) is 15.9 Å². The highest BCUT2D eigenvalue weighted by atomic mass is 16.5. The van der Waals surface area contributed by atoms with Crippen LogP contribution < -0.4 is 20.1 Å². The van der Waals surface area contributed by atoms with Gasteiger partial charge in [-0.25, -0.2) is 0 Å². The predicted octanol–water partition coefficient (Wildman–Crippen LogP) is 3.71. The number of aromatic nitrogens is 1. The monoisotopic (exact) mass is 388 g/mol. The molecule has 0 aliphatic carbocycles. The number of amides is 1. The van der Waals surface area contributed by atoms with E-state index < -0.39 is 0 Å². The van der Waals surface area contributed by atoms with Crippen LogP contribution in [0, 0.1) is 11.3 Å². The molecule has 1 heterocycles. The van der Waals surface area contributed by atoms with Crippen LogP contribution in [0.2, 0.25) is 0 Å². The summed E-state index contributed by atoms with van der Waals surface area (Å²) in [5.74, 6) is 1.18. The summed E-state index contributed by atoms with van der Waals surface area (Å²) in [6, 6.07) is 17.9. The fourth-order valence-electron chi connectivity index (χ4n) is 2.58. The van der Waals surface area contributed by atoms with Gasteiger partial charge in [0.1, 0.15) is 24.2 Å². The largest absolute Gasteiger partial charge is 0.497 e. The van der Waals surface area contributed by atoms with E-state index in [1.54, 1.807) is 43.6 Å². The molecule has 7 nitrogen and oxygen atoms in total. The molecule has 0 radical (unpaired) electrons. The van der Waals surface area contributed by atoms with E-state index in [4.69, 9.17) is 14.7 Å². The zero-order valence-electron chi connectivity index (χ0n) is 15.9. The number of benzene rings is 2. The van der Waals surface area contributed by atoms with Crippen molar-refractivity contribution in [3.8, 4) is 17.6 Å². The topological polar surface area (TPSA) is 96.3 Å². The van der Waals surface area contributed by atoms with Crippen molar-refractivity contribution in [3.63, 3.8) is 0 Å². The quantitative estimate of drug-likeness (QED) is 0.571. The first-order chi connectivity index (χ1) is 14.2. The Hall–Kier alpha value is -4.05. The lowest BCUT2D eigenvalue weighted by Crippen LogP contribution is -2.15. The Bertz CT molecular complexity index is 1010. The number of nitrogens with zero attached hydrogens (tertiary/aromatic N) is 2. The molecule has 1 amide bonds.